The molecule has 0 aliphatic heterocycles. The molecule has 2 N–H and O–H groups in total. The van der Waals surface area contributed by atoms with Gasteiger partial charge in [-0.1, -0.05) is 0 Å². The number of nitrogens with zero attached hydrogens (tertiary/aromatic N) is 1. The molecular formula is C11H10ClN3O3. The Morgan fingerprint density at radius 2 is 2.28 bits per heavy atom. The highest BCUT2D eigenvalue weighted by Gasteiger charge is 2.18. The number of ether oxygens (including phenoxy) is 1. The van der Waals surface area contributed by atoms with E-state index in [1.54, 1.807) is 18.3 Å². The molecule has 0 aliphatic rings. The molecule has 1 aromatic carbocycles. The third kappa shape index (κ3) is 2.14. The fraction of sp³-hybridized carbons (Fsp3) is 0.182. The predicted molar refractivity (Wildman–Crippen MR) is 66.8 cm³/mol. The molecule has 0 bridgehead atoms. The van der Waals surface area contributed by atoms with Crippen LogP contribution in [-0.4, -0.2) is 35.1 Å². The number of esters is 1. The van der Waals surface area contributed by atoms with Crippen molar-refractivity contribution in [3.05, 3.63) is 23.9 Å². The number of rotatable bonds is 3. The first-order valence-electron chi connectivity index (χ1n) is 5.07. The molecule has 6 nitrogen and oxygen atoms in total. The molecule has 7 heteroatoms. The molecular weight excluding hydrogens is 258 g/mol. The highest BCUT2D eigenvalue weighted by Crippen LogP contribution is 2.25. The van der Waals surface area contributed by atoms with Crippen LogP contribution in [0.4, 0.5) is 5.69 Å². The molecule has 0 fully saturated rings. The van der Waals surface area contributed by atoms with Gasteiger partial charge < -0.3 is 10.1 Å². The number of aromatic nitrogens is 2. The molecule has 0 saturated carbocycles. The molecule has 1 amide bonds. The van der Waals surface area contributed by atoms with Gasteiger partial charge in [-0.3, -0.25) is 9.89 Å². The van der Waals surface area contributed by atoms with E-state index in [2.05, 4.69) is 15.5 Å². The van der Waals surface area contributed by atoms with Crippen molar-refractivity contribution in [3.8, 4) is 0 Å². The Bertz CT molecular complexity index is 609. The third-order valence-electron chi connectivity index (χ3n) is 2.40. The van der Waals surface area contributed by atoms with Gasteiger partial charge in [0.05, 0.1) is 24.5 Å². The van der Waals surface area contributed by atoms with Crippen LogP contribution in [0.25, 0.3) is 10.9 Å². The van der Waals surface area contributed by atoms with E-state index in [1.165, 1.54) is 7.11 Å². The number of alkyl halides is 1. The van der Waals surface area contributed by atoms with E-state index < -0.39 is 11.9 Å². The van der Waals surface area contributed by atoms with Crippen molar-refractivity contribution in [2.24, 2.45) is 0 Å². The highest BCUT2D eigenvalue weighted by atomic mass is 35.5. The lowest BCUT2D eigenvalue weighted by Crippen LogP contribution is -2.16. The van der Waals surface area contributed by atoms with E-state index in [4.69, 9.17) is 16.3 Å². The summed E-state index contributed by atoms with van der Waals surface area (Å²) in [6.45, 7) is 0. The number of carbonyl (C=O) groups is 2. The summed E-state index contributed by atoms with van der Waals surface area (Å²) >= 11 is 5.42. The van der Waals surface area contributed by atoms with Crippen molar-refractivity contribution in [3.63, 3.8) is 0 Å². The molecule has 2 rings (SSSR count). The Labute approximate surface area is 107 Å². The maximum atomic E-state index is 11.8. The molecule has 1 aromatic heterocycles. The number of carbonyl (C=O) groups excluding carboxylic acids is 2. The van der Waals surface area contributed by atoms with Crippen LogP contribution < -0.4 is 5.32 Å². The van der Waals surface area contributed by atoms with Crippen LogP contribution in [0.1, 0.15) is 10.4 Å². The van der Waals surface area contributed by atoms with Crippen molar-refractivity contribution in [1.29, 1.82) is 0 Å². The zero-order valence-corrected chi connectivity index (χ0v) is 10.2. The van der Waals surface area contributed by atoms with Crippen LogP contribution in [-0.2, 0) is 9.53 Å². The number of methoxy groups -OCH3 is 1. The molecule has 1 heterocycles. The maximum Gasteiger partial charge on any atom is 0.342 e. The monoisotopic (exact) mass is 267 g/mol. The van der Waals surface area contributed by atoms with Crippen LogP contribution in [0.3, 0.4) is 0 Å². The van der Waals surface area contributed by atoms with Gasteiger partial charge in [-0.15, -0.1) is 11.6 Å². The lowest BCUT2D eigenvalue weighted by Gasteiger charge is -2.09. The van der Waals surface area contributed by atoms with Gasteiger partial charge in [0, 0.05) is 5.39 Å². The molecule has 0 radical (unpaired) electrons. The number of hydrogen-bond donors (Lipinski definition) is 2. The largest absolute Gasteiger partial charge is 0.465 e. The maximum absolute atomic E-state index is 11.8. The number of fused-ring (bicyclic) bond motifs is 1. The Morgan fingerprint density at radius 3 is 2.94 bits per heavy atom. The van der Waals surface area contributed by atoms with Crippen LogP contribution in [0.2, 0.25) is 0 Å². The normalized spacial score (nSPS) is 10.3. The second kappa shape index (κ2) is 5.05. The molecule has 94 valence electrons. The molecule has 0 spiro atoms. The number of amides is 1. The van der Waals surface area contributed by atoms with E-state index in [9.17, 15) is 9.59 Å². The zero-order valence-electron chi connectivity index (χ0n) is 9.49. The van der Waals surface area contributed by atoms with Gasteiger partial charge >= 0.3 is 5.97 Å². The number of anilines is 1. The summed E-state index contributed by atoms with van der Waals surface area (Å²) in [5.41, 5.74) is 1.07. The summed E-state index contributed by atoms with van der Waals surface area (Å²) in [5, 5.41) is 9.83. The number of aromatic amines is 1. The van der Waals surface area contributed by atoms with Crippen LogP contribution in [0.15, 0.2) is 18.3 Å². The van der Waals surface area contributed by atoms with Gasteiger partial charge in [0.15, 0.2) is 0 Å². The molecule has 18 heavy (non-hydrogen) atoms. The van der Waals surface area contributed by atoms with E-state index in [1.807, 2.05) is 0 Å². The van der Waals surface area contributed by atoms with Gasteiger partial charge in [0.1, 0.15) is 11.4 Å². The Balaban J connectivity index is 2.57. The average molecular weight is 268 g/mol. The van der Waals surface area contributed by atoms with Gasteiger partial charge in [-0.05, 0) is 12.1 Å². The molecule has 0 saturated heterocycles. The molecule has 0 atom stereocenters. The smallest absolute Gasteiger partial charge is 0.342 e. The number of hydrogen-bond acceptors (Lipinski definition) is 4. The van der Waals surface area contributed by atoms with E-state index in [-0.39, 0.29) is 11.4 Å². The lowest BCUT2D eigenvalue weighted by molar-refractivity contribution is -0.113. The fourth-order valence-electron chi connectivity index (χ4n) is 1.62. The van der Waals surface area contributed by atoms with Crippen molar-refractivity contribution in [2.75, 3.05) is 18.3 Å². The number of halogens is 1. The van der Waals surface area contributed by atoms with Gasteiger partial charge in [-0.2, -0.15) is 5.10 Å². The van der Waals surface area contributed by atoms with Crippen molar-refractivity contribution >= 4 is 40.1 Å². The number of benzene rings is 1. The molecule has 0 unspecified atom stereocenters. The van der Waals surface area contributed by atoms with E-state index in [0.717, 1.165) is 5.39 Å². The minimum absolute atomic E-state index is 0.193. The minimum Gasteiger partial charge on any atom is -0.465 e. The van der Waals surface area contributed by atoms with Gasteiger partial charge in [0.2, 0.25) is 5.91 Å². The zero-order chi connectivity index (χ0) is 13.1. The summed E-state index contributed by atoms with van der Waals surface area (Å²) in [7, 11) is 1.27. The summed E-state index contributed by atoms with van der Waals surface area (Å²) in [6, 6.07) is 3.34. The van der Waals surface area contributed by atoms with Gasteiger partial charge in [0.25, 0.3) is 0 Å². The second-order valence-electron chi connectivity index (χ2n) is 3.50. The summed E-state index contributed by atoms with van der Waals surface area (Å²) in [6.07, 6.45) is 1.58. The van der Waals surface area contributed by atoms with E-state index in [0.29, 0.717) is 11.2 Å². The van der Waals surface area contributed by atoms with Gasteiger partial charge in [-0.25, -0.2) is 4.79 Å². The van der Waals surface area contributed by atoms with Crippen LogP contribution >= 0.6 is 11.6 Å². The van der Waals surface area contributed by atoms with E-state index >= 15 is 0 Å². The summed E-state index contributed by atoms with van der Waals surface area (Å²) < 4.78 is 4.70. The highest BCUT2D eigenvalue weighted by molar-refractivity contribution is 6.29. The molecule has 2 aromatic rings. The fourth-order valence-corrected chi connectivity index (χ4v) is 1.68. The Kier molecular flexibility index (Phi) is 3.47. The predicted octanol–water partition coefficient (Wildman–Crippen LogP) is 1.53. The first-order valence-corrected chi connectivity index (χ1v) is 5.61. The van der Waals surface area contributed by atoms with Crippen LogP contribution in [0, 0.1) is 0 Å². The van der Waals surface area contributed by atoms with Crippen molar-refractivity contribution in [1.82, 2.24) is 10.2 Å². The minimum atomic E-state index is -0.560. The number of H-pyrrole nitrogens is 1. The topological polar surface area (TPSA) is 84.1 Å². The van der Waals surface area contributed by atoms with Crippen molar-refractivity contribution < 1.29 is 14.3 Å². The standard InChI is InChI=1S/C11H10ClN3O3/c1-18-11(17)9-7(14-8(16)4-12)3-2-6-5-13-15-10(6)9/h2-3,5H,4H2,1H3,(H,13,15)(H,14,16). The summed E-state index contributed by atoms with van der Waals surface area (Å²) in [4.78, 5) is 23.1. The van der Waals surface area contributed by atoms with Crippen molar-refractivity contribution in [2.45, 2.75) is 0 Å². The third-order valence-corrected chi connectivity index (χ3v) is 2.65. The lowest BCUT2D eigenvalue weighted by atomic mass is 10.1. The second-order valence-corrected chi connectivity index (χ2v) is 3.76. The SMILES string of the molecule is COC(=O)c1c(NC(=O)CCl)ccc2cn[nH]c12. The molecule has 0 aliphatic carbocycles. The first-order chi connectivity index (χ1) is 8.67. The quantitative estimate of drug-likeness (QED) is 0.652. The van der Waals surface area contributed by atoms with Crippen LogP contribution in [0.5, 0.6) is 0 Å². The first kappa shape index (κ1) is 12.4. The summed E-state index contributed by atoms with van der Waals surface area (Å²) in [5.74, 6) is -1.16. The Hall–Kier alpha value is -2.08. The Morgan fingerprint density at radius 1 is 1.50 bits per heavy atom. The number of nitrogens with one attached hydrogen (secondary N) is 2. The average Bonchev–Trinajstić information content (AvgIpc) is 2.85.